The van der Waals surface area contributed by atoms with Crippen molar-refractivity contribution < 1.29 is 16.8 Å². The van der Waals surface area contributed by atoms with Crippen LogP contribution < -0.4 is 0 Å². The van der Waals surface area contributed by atoms with Crippen LogP contribution in [0, 0.1) is 0 Å². The van der Waals surface area contributed by atoms with Gasteiger partial charge in [-0.3, -0.25) is 0 Å². The fourth-order valence-electron chi connectivity index (χ4n) is 0. The van der Waals surface area contributed by atoms with Gasteiger partial charge in [-0.05, 0) is 0 Å². The molecule has 0 aromatic heterocycles. The second-order valence-corrected chi connectivity index (χ2v) is 3.55. The number of hydrogen-bond donors (Lipinski definition) is 0. The minimum atomic E-state index is -1.82. The number of hydrogen-bond acceptors (Lipinski definition) is 6. The third-order valence-corrected chi connectivity index (χ3v) is 1.41. The van der Waals surface area contributed by atoms with Crippen LogP contribution in [0.25, 0.3) is 0 Å². The number of rotatable bonds is 2. The summed E-state index contributed by atoms with van der Waals surface area (Å²) in [5.41, 5.74) is 0. The van der Waals surface area contributed by atoms with Gasteiger partial charge < -0.3 is 16.8 Å². The summed E-state index contributed by atoms with van der Waals surface area (Å²) in [6.07, 6.45) is 0. The van der Waals surface area contributed by atoms with Gasteiger partial charge in [-0.2, -0.15) is 0 Å². The molecule has 0 amide bonds. The molecule has 0 heterocycles. The topological polar surface area (TPSA) is 68.3 Å². The van der Waals surface area contributed by atoms with Gasteiger partial charge in [0.15, 0.2) is 0 Å². The zero-order valence-corrected chi connectivity index (χ0v) is 11.7. The average Bonchev–Trinajstić information content (AvgIpc) is 1.89. The molecule has 4 nitrogen and oxygen atoms in total. The summed E-state index contributed by atoms with van der Waals surface area (Å²) in [4.78, 5) is 0. The molecule has 0 aliphatic rings. The molecule has 64 valence electrons. The summed E-state index contributed by atoms with van der Waals surface area (Å²) < 4.78 is 37.5. The van der Waals surface area contributed by atoms with Crippen molar-refractivity contribution >= 4 is 66.9 Å². The molecule has 0 fully saturated rings. The molecule has 0 aromatic rings. The van der Waals surface area contributed by atoms with Crippen LogP contribution >= 0.6 is 0 Å². The van der Waals surface area contributed by atoms with Crippen LogP contribution in [0.5, 0.6) is 0 Å². The van der Waals surface area contributed by atoms with Crippen molar-refractivity contribution in [1.82, 2.24) is 0 Å². The van der Waals surface area contributed by atoms with E-state index < -0.39 is 21.4 Å². The van der Waals surface area contributed by atoms with Gasteiger partial charge in [-0.1, -0.05) is 46.8 Å². The van der Waals surface area contributed by atoms with E-state index in [1.807, 2.05) is 0 Å². The third-order valence-electron chi connectivity index (χ3n) is 0.471. The molecule has 11 heavy (non-hydrogen) atoms. The Bertz CT molecular complexity index is 158. The Balaban J connectivity index is -0.000000107. The first-order valence-corrected chi connectivity index (χ1v) is 5.15. The SMILES string of the molecule is CC[S-](=O)=O.CC[S-](=O)=O.[Sr+2]. The Morgan fingerprint density at radius 2 is 0.909 bits per heavy atom. The van der Waals surface area contributed by atoms with Crippen molar-refractivity contribution in [2.24, 2.45) is 0 Å². The Hall–Kier alpha value is 1.38. The van der Waals surface area contributed by atoms with Crippen molar-refractivity contribution in [3.63, 3.8) is 0 Å². The molecule has 0 rings (SSSR count). The van der Waals surface area contributed by atoms with Crippen molar-refractivity contribution in [2.75, 3.05) is 11.5 Å². The van der Waals surface area contributed by atoms with E-state index in [4.69, 9.17) is 0 Å². The van der Waals surface area contributed by atoms with Crippen LogP contribution in [0.15, 0.2) is 0 Å². The Morgan fingerprint density at radius 1 is 0.818 bits per heavy atom. The van der Waals surface area contributed by atoms with Crippen molar-refractivity contribution in [3.05, 3.63) is 0 Å². The van der Waals surface area contributed by atoms with Crippen LogP contribution in [-0.4, -0.2) is 57.0 Å². The summed E-state index contributed by atoms with van der Waals surface area (Å²) in [5.74, 6) is 0.444. The van der Waals surface area contributed by atoms with Gasteiger partial charge in [0.1, 0.15) is 0 Å². The van der Waals surface area contributed by atoms with E-state index in [9.17, 15) is 16.8 Å². The van der Waals surface area contributed by atoms with E-state index >= 15 is 0 Å². The monoisotopic (exact) mass is 274 g/mol. The fraction of sp³-hybridized carbons (Fsp3) is 1.00. The maximum atomic E-state index is 9.37. The van der Waals surface area contributed by atoms with Crippen LogP contribution in [0.1, 0.15) is 13.8 Å². The first kappa shape index (κ1) is 18.2. The largest absolute Gasteiger partial charge is 2.00 e. The second kappa shape index (κ2) is 13.9. The molecule has 0 atom stereocenters. The second-order valence-electron chi connectivity index (χ2n) is 1.18. The Labute approximate surface area is 108 Å². The third kappa shape index (κ3) is 34.6. The van der Waals surface area contributed by atoms with Gasteiger partial charge in [-0.25, -0.2) is 0 Å². The summed E-state index contributed by atoms with van der Waals surface area (Å²) >= 11 is 0. The van der Waals surface area contributed by atoms with Gasteiger partial charge in [0, 0.05) is 0 Å². The van der Waals surface area contributed by atoms with Crippen molar-refractivity contribution in [2.45, 2.75) is 13.8 Å². The smallest absolute Gasteiger partial charge is 0.424 e. The standard InChI is InChI=1S/2C2H5O2S.Sr/c2*1-2-5(3)4;/h2*2H2,1H3;/q2*-1;+2. The summed E-state index contributed by atoms with van der Waals surface area (Å²) in [6.45, 7) is 3.17. The quantitative estimate of drug-likeness (QED) is 0.534. The van der Waals surface area contributed by atoms with Crippen LogP contribution in [0.2, 0.25) is 0 Å². The predicted octanol–water partition coefficient (Wildman–Crippen LogP) is 0.250. The summed E-state index contributed by atoms with van der Waals surface area (Å²) in [6, 6.07) is 0. The van der Waals surface area contributed by atoms with E-state index in [-0.39, 0.29) is 57.0 Å². The maximum Gasteiger partial charge on any atom is 2.00 e. The molecule has 0 aliphatic heterocycles. The Morgan fingerprint density at radius 3 is 0.909 bits per heavy atom. The van der Waals surface area contributed by atoms with Crippen molar-refractivity contribution in [1.29, 1.82) is 0 Å². The van der Waals surface area contributed by atoms with E-state index in [0.717, 1.165) is 0 Å². The summed E-state index contributed by atoms with van der Waals surface area (Å²) in [7, 11) is -3.65. The normalized spacial score (nSPS) is 8.36. The van der Waals surface area contributed by atoms with E-state index in [2.05, 4.69) is 0 Å². The van der Waals surface area contributed by atoms with Gasteiger partial charge in [0.25, 0.3) is 0 Å². The first-order valence-electron chi connectivity index (χ1n) is 2.66. The maximum absolute atomic E-state index is 9.37. The predicted molar refractivity (Wildman–Crippen MR) is 44.3 cm³/mol. The molecule has 0 spiro atoms. The molecule has 0 saturated carbocycles. The molecule has 0 unspecified atom stereocenters. The van der Waals surface area contributed by atoms with E-state index in [1.165, 1.54) is 0 Å². The molecular formula is C4H10O4S2Sr. The first-order chi connectivity index (χ1) is 4.54. The average molecular weight is 274 g/mol. The minimum Gasteiger partial charge on any atom is -0.424 e. The molecule has 0 aliphatic carbocycles. The fourth-order valence-corrected chi connectivity index (χ4v) is 0. The van der Waals surface area contributed by atoms with Crippen LogP contribution in [0.3, 0.4) is 0 Å². The molecule has 0 N–H and O–H groups in total. The van der Waals surface area contributed by atoms with E-state index in [0.29, 0.717) is 0 Å². The van der Waals surface area contributed by atoms with Gasteiger partial charge in [0.2, 0.25) is 0 Å². The van der Waals surface area contributed by atoms with Crippen LogP contribution in [0.4, 0.5) is 0 Å². The molecule has 0 saturated heterocycles. The van der Waals surface area contributed by atoms with E-state index in [1.54, 1.807) is 13.8 Å². The van der Waals surface area contributed by atoms with Gasteiger partial charge >= 0.3 is 45.5 Å². The molecule has 0 radical (unpaired) electrons. The molecule has 0 bridgehead atoms. The molecular weight excluding hydrogens is 264 g/mol. The Kier molecular flexibility index (Phi) is 23.1. The minimum absolute atomic E-state index is 0. The zero-order valence-electron chi connectivity index (χ0n) is 6.57. The van der Waals surface area contributed by atoms with Gasteiger partial charge in [0.05, 0.1) is 0 Å². The molecule has 7 heteroatoms. The summed E-state index contributed by atoms with van der Waals surface area (Å²) in [5, 5.41) is 0. The molecule has 0 aromatic carbocycles. The van der Waals surface area contributed by atoms with Gasteiger partial charge in [-0.15, -0.1) is 0 Å². The van der Waals surface area contributed by atoms with Crippen molar-refractivity contribution in [3.8, 4) is 0 Å². The van der Waals surface area contributed by atoms with Crippen LogP contribution in [-0.2, 0) is 38.2 Å². The zero-order chi connectivity index (χ0) is 8.57.